The topological polar surface area (TPSA) is 78.3 Å². The van der Waals surface area contributed by atoms with E-state index in [0.717, 1.165) is 0 Å². The summed E-state index contributed by atoms with van der Waals surface area (Å²) in [5.74, 6) is -0.525. The van der Waals surface area contributed by atoms with Crippen LogP contribution in [0.15, 0.2) is 0 Å². The lowest BCUT2D eigenvalue weighted by Crippen LogP contribution is -2.40. The van der Waals surface area contributed by atoms with Crippen LogP contribution in [-0.2, 0) is 9.53 Å². The highest BCUT2D eigenvalue weighted by molar-refractivity contribution is 5.79. The van der Waals surface area contributed by atoms with Crippen molar-refractivity contribution in [2.45, 2.75) is 13.0 Å². The fourth-order valence-electron chi connectivity index (χ4n) is 0.327. The number of primary amides is 1. The highest BCUT2D eigenvalue weighted by Crippen LogP contribution is 1.78. The first-order chi connectivity index (χ1) is 4.18. The molecule has 0 rings (SSSR count). The largest absolute Gasteiger partial charge is 0.380 e. The standard InChI is InChI=1S/C5H12N2O2/c1-2-9-3-4(6)5(7)8/h4H,2-3,6H2,1H3,(H2,7,8). The summed E-state index contributed by atoms with van der Waals surface area (Å²) in [5, 5.41) is 0. The van der Waals surface area contributed by atoms with Crippen LogP contribution in [0.5, 0.6) is 0 Å². The van der Waals surface area contributed by atoms with Crippen LogP contribution < -0.4 is 11.5 Å². The van der Waals surface area contributed by atoms with Gasteiger partial charge in [0.2, 0.25) is 5.91 Å². The molecule has 9 heavy (non-hydrogen) atoms. The Bertz CT molecular complexity index is 95.0. The Morgan fingerprint density at radius 3 is 2.67 bits per heavy atom. The summed E-state index contributed by atoms with van der Waals surface area (Å²) in [5.41, 5.74) is 10.0. The number of carbonyl (C=O) groups excluding carboxylic acids is 1. The molecule has 0 bridgehead atoms. The van der Waals surface area contributed by atoms with Gasteiger partial charge in [0.15, 0.2) is 0 Å². The van der Waals surface area contributed by atoms with Crippen molar-refractivity contribution in [2.75, 3.05) is 13.2 Å². The maximum atomic E-state index is 10.2. The Morgan fingerprint density at radius 2 is 2.33 bits per heavy atom. The highest BCUT2D eigenvalue weighted by Gasteiger charge is 2.06. The zero-order chi connectivity index (χ0) is 7.28. The molecule has 0 radical (unpaired) electrons. The summed E-state index contributed by atoms with van der Waals surface area (Å²) >= 11 is 0. The molecule has 1 unspecified atom stereocenters. The van der Waals surface area contributed by atoms with Gasteiger partial charge in [-0.15, -0.1) is 0 Å². The van der Waals surface area contributed by atoms with Crippen LogP contribution in [0.1, 0.15) is 6.92 Å². The molecular formula is C5H12N2O2. The third kappa shape index (κ3) is 3.93. The average molecular weight is 132 g/mol. The summed E-state index contributed by atoms with van der Waals surface area (Å²) in [6.45, 7) is 2.60. The molecule has 0 aromatic heterocycles. The first-order valence-corrected chi connectivity index (χ1v) is 2.81. The van der Waals surface area contributed by atoms with Gasteiger partial charge in [-0.3, -0.25) is 4.79 Å². The second-order valence-electron chi connectivity index (χ2n) is 1.67. The summed E-state index contributed by atoms with van der Waals surface area (Å²) in [4.78, 5) is 10.2. The fourth-order valence-corrected chi connectivity index (χ4v) is 0.327. The Hall–Kier alpha value is -0.610. The Balaban J connectivity index is 3.27. The molecule has 0 spiro atoms. The molecule has 0 heterocycles. The fraction of sp³-hybridized carbons (Fsp3) is 0.800. The number of carbonyl (C=O) groups is 1. The number of nitrogens with two attached hydrogens (primary N) is 2. The van der Waals surface area contributed by atoms with Crippen molar-refractivity contribution in [3.8, 4) is 0 Å². The van der Waals surface area contributed by atoms with Crippen LogP contribution >= 0.6 is 0 Å². The van der Waals surface area contributed by atoms with Gasteiger partial charge in [-0.05, 0) is 6.92 Å². The molecule has 0 aliphatic carbocycles. The van der Waals surface area contributed by atoms with E-state index >= 15 is 0 Å². The van der Waals surface area contributed by atoms with Gasteiger partial charge in [0.05, 0.1) is 6.61 Å². The van der Waals surface area contributed by atoms with Gasteiger partial charge < -0.3 is 16.2 Å². The van der Waals surface area contributed by atoms with Crippen LogP contribution in [0.3, 0.4) is 0 Å². The van der Waals surface area contributed by atoms with Crippen LogP contribution in [0.4, 0.5) is 0 Å². The van der Waals surface area contributed by atoms with Gasteiger partial charge in [-0.1, -0.05) is 0 Å². The average Bonchev–Trinajstić information content (AvgIpc) is 1.82. The van der Waals surface area contributed by atoms with E-state index in [1.54, 1.807) is 0 Å². The number of rotatable bonds is 4. The van der Waals surface area contributed by atoms with Gasteiger partial charge in [-0.2, -0.15) is 0 Å². The molecule has 0 saturated heterocycles. The summed E-state index contributed by atoms with van der Waals surface area (Å²) < 4.78 is 4.83. The molecule has 0 aliphatic heterocycles. The lowest BCUT2D eigenvalue weighted by molar-refractivity contribution is -0.120. The predicted octanol–water partition coefficient (Wildman–Crippen LogP) is -1.16. The van der Waals surface area contributed by atoms with E-state index in [9.17, 15) is 4.79 Å². The molecule has 1 atom stereocenters. The molecule has 0 aliphatic rings. The molecule has 4 nitrogen and oxygen atoms in total. The smallest absolute Gasteiger partial charge is 0.236 e. The molecule has 4 heteroatoms. The zero-order valence-corrected chi connectivity index (χ0v) is 5.46. The van der Waals surface area contributed by atoms with Crippen LogP contribution in [0, 0.1) is 0 Å². The predicted molar refractivity (Wildman–Crippen MR) is 33.7 cm³/mol. The van der Waals surface area contributed by atoms with Gasteiger partial charge in [-0.25, -0.2) is 0 Å². The third-order valence-electron chi connectivity index (χ3n) is 0.867. The maximum absolute atomic E-state index is 10.2. The van der Waals surface area contributed by atoms with Crippen molar-refractivity contribution in [1.82, 2.24) is 0 Å². The van der Waals surface area contributed by atoms with Crippen molar-refractivity contribution in [1.29, 1.82) is 0 Å². The molecule has 0 saturated carbocycles. The van der Waals surface area contributed by atoms with E-state index in [1.165, 1.54) is 0 Å². The normalized spacial score (nSPS) is 13.1. The third-order valence-corrected chi connectivity index (χ3v) is 0.867. The minimum Gasteiger partial charge on any atom is -0.380 e. The highest BCUT2D eigenvalue weighted by atomic mass is 16.5. The van der Waals surface area contributed by atoms with Gasteiger partial charge in [0, 0.05) is 6.61 Å². The molecule has 54 valence electrons. The van der Waals surface area contributed by atoms with E-state index in [-0.39, 0.29) is 6.61 Å². The Morgan fingerprint density at radius 1 is 1.78 bits per heavy atom. The zero-order valence-electron chi connectivity index (χ0n) is 5.46. The van der Waals surface area contributed by atoms with E-state index < -0.39 is 11.9 Å². The van der Waals surface area contributed by atoms with E-state index in [1.807, 2.05) is 6.92 Å². The Labute approximate surface area is 54.2 Å². The van der Waals surface area contributed by atoms with Gasteiger partial charge in [0.25, 0.3) is 0 Å². The van der Waals surface area contributed by atoms with Crippen LogP contribution in [-0.4, -0.2) is 25.2 Å². The minimum absolute atomic E-state index is 0.214. The van der Waals surface area contributed by atoms with E-state index in [4.69, 9.17) is 16.2 Å². The number of hydrogen-bond donors (Lipinski definition) is 2. The first kappa shape index (κ1) is 8.39. The summed E-state index contributed by atoms with van der Waals surface area (Å²) in [6.07, 6.45) is 0. The molecular weight excluding hydrogens is 120 g/mol. The van der Waals surface area contributed by atoms with Crippen LogP contribution in [0.2, 0.25) is 0 Å². The molecule has 0 aromatic carbocycles. The number of amides is 1. The molecule has 0 aromatic rings. The first-order valence-electron chi connectivity index (χ1n) is 2.81. The van der Waals surface area contributed by atoms with E-state index in [2.05, 4.69) is 0 Å². The lowest BCUT2D eigenvalue weighted by atomic mass is 10.3. The minimum atomic E-state index is -0.662. The molecule has 1 amide bonds. The lowest BCUT2D eigenvalue weighted by Gasteiger charge is -2.05. The SMILES string of the molecule is CCOCC(N)C(N)=O. The summed E-state index contributed by atoms with van der Waals surface area (Å²) in [7, 11) is 0. The monoisotopic (exact) mass is 132 g/mol. The second-order valence-corrected chi connectivity index (χ2v) is 1.67. The maximum Gasteiger partial charge on any atom is 0.236 e. The quantitative estimate of drug-likeness (QED) is 0.506. The molecule has 4 N–H and O–H groups in total. The molecule has 0 fully saturated rings. The second kappa shape index (κ2) is 4.29. The Kier molecular flexibility index (Phi) is 4.00. The number of ether oxygens (including phenoxy) is 1. The van der Waals surface area contributed by atoms with E-state index in [0.29, 0.717) is 6.61 Å². The van der Waals surface area contributed by atoms with Gasteiger partial charge in [0.1, 0.15) is 6.04 Å². The van der Waals surface area contributed by atoms with Crippen molar-refractivity contribution in [3.05, 3.63) is 0 Å². The van der Waals surface area contributed by atoms with Crippen molar-refractivity contribution >= 4 is 5.91 Å². The van der Waals surface area contributed by atoms with Crippen molar-refractivity contribution < 1.29 is 9.53 Å². The van der Waals surface area contributed by atoms with Crippen molar-refractivity contribution in [2.24, 2.45) is 11.5 Å². The summed E-state index contributed by atoms with van der Waals surface area (Å²) in [6, 6.07) is -0.662. The number of hydrogen-bond acceptors (Lipinski definition) is 3. The van der Waals surface area contributed by atoms with Gasteiger partial charge >= 0.3 is 0 Å². The van der Waals surface area contributed by atoms with Crippen molar-refractivity contribution in [3.63, 3.8) is 0 Å². The van der Waals surface area contributed by atoms with Crippen LogP contribution in [0.25, 0.3) is 0 Å².